The molecule has 1 aliphatic heterocycles. The van der Waals surface area contributed by atoms with Gasteiger partial charge >= 0.3 is 0 Å². The molecule has 3 aromatic rings. The number of ether oxygens (including phenoxy) is 1. The largest absolute Gasteiger partial charge is 0.489 e. The van der Waals surface area contributed by atoms with Gasteiger partial charge in [0.05, 0.1) is 6.04 Å². The summed E-state index contributed by atoms with van der Waals surface area (Å²) < 4.78 is 5.78. The van der Waals surface area contributed by atoms with E-state index in [2.05, 4.69) is 17.1 Å². The molecule has 2 heterocycles. The zero-order valence-electron chi connectivity index (χ0n) is 16.3. The zero-order valence-corrected chi connectivity index (χ0v) is 16.3. The number of amides is 1. The Morgan fingerprint density at radius 1 is 1.07 bits per heavy atom. The van der Waals surface area contributed by atoms with Crippen LogP contribution in [-0.2, 0) is 11.4 Å². The van der Waals surface area contributed by atoms with E-state index < -0.39 is 0 Å². The van der Waals surface area contributed by atoms with Crippen LogP contribution in [0.2, 0.25) is 0 Å². The number of hydrogen-bond donors (Lipinski definition) is 0. The molecule has 146 valence electrons. The lowest BCUT2D eigenvalue weighted by atomic mass is 10.0. The lowest BCUT2D eigenvalue weighted by molar-refractivity contribution is -0.126. The average Bonchev–Trinajstić information content (AvgIpc) is 3.28. The van der Waals surface area contributed by atoms with Gasteiger partial charge in [0.2, 0.25) is 5.91 Å². The molecule has 1 aromatic heterocycles. The molecule has 0 spiro atoms. The lowest BCUT2D eigenvalue weighted by Crippen LogP contribution is -2.28. The van der Waals surface area contributed by atoms with Crippen LogP contribution >= 0.6 is 0 Å². The van der Waals surface area contributed by atoms with Crippen molar-refractivity contribution in [2.24, 2.45) is 0 Å². The van der Waals surface area contributed by atoms with Gasteiger partial charge in [-0.1, -0.05) is 48.5 Å². The molecule has 4 nitrogen and oxygen atoms in total. The summed E-state index contributed by atoms with van der Waals surface area (Å²) in [6, 6.07) is 22.1. The minimum atomic E-state index is 0.0632. The molecule has 0 unspecified atom stereocenters. The fourth-order valence-electron chi connectivity index (χ4n) is 3.64. The van der Waals surface area contributed by atoms with E-state index in [1.165, 1.54) is 5.56 Å². The minimum Gasteiger partial charge on any atom is -0.489 e. The van der Waals surface area contributed by atoms with Crippen molar-refractivity contribution in [3.63, 3.8) is 0 Å². The first-order chi connectivity index (χ1) is 14.3. The Morgan fingerprint density at radius 3 is 2.66 bits per heavy atom. The van der Waals surface area contributed by atoms with E-state index >= 15 is 0 Å². The lowest BCUT2D eigenvalue weighted by Gasteiger charge is -2.23. The average molecular weight is 384 g/mol. The van der Waals surface area contributed by atoms with E-state index in [-0.39, 0.29) is 11.9 Å². The molecule has 1 aliphatic rings. The highest BCUT2D eigenvalue weighted by Crippen LogP contribution is 2.32. The van der Waals surface area contributed by atoms with Crippen LogP contribution in [0, 0.1) is 0 Å². The van der Waals surface area contributed by atoms with E-state index in [0.29, 0.717) is 6.61 Å². The molecule has 0 N–H and O–H groups in total. The minimum absolute atomic E-state index is 0.0632. The Labute approximate surface area is 171 Å². The van der Waals surface area contributed by atoms with Gasteiger partial charge in [0.25, 0.3) is 0 Å². The molecule has 0 bridgehead atoms. The third kappa shape index (κ3) is 4.91. The van der Waals surface area contributed by atoms with Crippen molar-refractivity contribution < 1.29 is 9.53 Å². The van der Waals surface area contributed by atoms with Crippen molar-refractivity contribution in [2.45, 2.75) is 25.5 Å². The van der Waals surface area contributed by atoms with Crippen molar-refractivity contribution in [3.05, 3.63) is 102 Å². The fraction of sp³-hybridized carbons (Fsp3) is 0.200. The smallest absolute Gasteiger partial charge is 0.247 e. The third-order valence-corrected chi connectivity index (χ3v) is 5.15. The van der Waals surface area contributed by atoms with Gasteiger partial charge in [-0.05, 0) is 48.2 Å². The number of rotatable bonds is 6. The van der Waals surface area contributed by atoms with Crippen molar-refractivity contribution in [1.29, 1.82) is 0 Å². The standard InChI is InChI=1S/C25H24N2O2/c28-25(27-17-5-9-24(27)22-7-2-1-3-8-22)15-12-20-10-13-23(14-11-20)29-19-21-6-4-16-26-18-21/h1-4,6-8,10-16,18,24H,5,9,17,19H2/b15-12+/t24-/m1/s1. The Hall–Kier alpha value is -3.40. The maximum Gasteiger partial charge on any atom is 0.247 e. The molecule has 0 radical (unpaired) electrons. The van der Waals surface area contributed by atoms with E-state index in [1.54, 1.807) is 18.5 Å². The molecule has 1 saturated heterocycles. The summed E-state index contributed by atoms with van der Waals surface area (Å²) in [5.41, 5.74) is 3.21. The summed E-state index contributed by atoms with van der Waals surface area (Å²) in [5.74, 6) is 0.856. The number of hydrogen-bond acceptors (Lipinski definition) is 3. The Bertz CT molecular complexity index is 953. The fourth-order valence-corrected chi connectivity index (χ4v) is 3.64. The first-order valence-electron chi connectivity index (χ1n) is 9.95. The first-order valence-corrected chi connectivity index (χ1v) is 9.95. The van der Waals surface area contributed by atoms with Crippen LogP contribution in [0.5, 0.6) is 5.75 Å². The van der Waals surface area contributed by atoms with Gasteiger partial charge in [-0.25, -0.2) is 0 Å². The number of pyridine rings is 1. The molecule has 1 fully saturated rings. The van der Waals surface area contributed by atoms with Crippen LogP contribution in [0.3, 0.4) is 0 Å². The second-order valence-corrected chi connectivity index (χ2v) is 7.15. The molecule has 4 rings (SSSR count). The first kappa shape index (κ1) is 18.9. The zero-order chi connectivity index (χ0) is 19.9. The van der Waals surface area contributed by atoms with Crippen LogP contribution < -0.4 is 4.74 Å². The van der Waals surface area contributed by atoms with Crippen LogP contribution in [0.1, 0.15) is 35.6 Å². The number of likely N-dealkylation sites (tertiary alicyclic amines) is 1. The summed E-state index contributed by atoms with van der Waals surface area (Å²) in [7, 11) is 0. The molecule has 0 aliphatic carbocycles. The second-order valence-electron chi connectivity index (χ2n) is 7.15. The van der Waals surface area contributed by atoms with Crippen LogP contribution in [-0.4, -0.2) is 22.3 Å². The Kier molecular flexibility index (Phi) is 6.01. The van der Waals surface area contributed by atoms with Crippen molar-refractivity contribution in [2.75, 3.05) is 6.54 Å². The number of carbonyl (C=O) groups is 1. The molecule has 2 aromatic carbocycles. The van der Waals surface area contributed by atoms with Crippen LogP contribution in [0.4, 0.5) is 0 Å². The monoisotopic (exact) mass is 384 g/mol. The number of aromatic nitrogens is 1. The number of nitrogens with zero attached hydrogens (tertiary/aromatic N) is 2. The summed E-state index contributed by atoms with van der Waals surface area (Å²) in [6.07, 6.45) is 9.15. The van der Waals surface area contributed by atoms with E-state index in [9.17, 15) is 4.79 Å². The van der Waals surface area contributed by atoms with Gasteiger partial charge in [0.1, 0.15) is 12.4 Å². The summed E-state index contributed by atoms with van der Waals surface area (Å²) in [4.78, 5) is 18.8. The SMILES string of the molecule is O=C(/C=C/c1ccc(OCc2cccnc2)cc1)N1CCC[C@@H]1c1ccccc1. The van der Waals surface area contributed by atoms with E-state index in [1.807, 2.05) is 65.6 Å². The molecule has 0 saturated carbocycles. The van der Waals surface area contributed by atoms with E-state index in [4.69, 9.17) is 4.74 Å². The summed E-state index contributed by atoms with van der Waals surface area (Å²) in [5, 5.41) is 0. The Morgan fingerprint density at radius 2 is 1.90 bits per heavy atom. The third-order valence-electron chi connectivity index (χ3n) is 5.15. The highest BCUT2D eigenvalue weighted by molar-refractivity contribution is 5.92. The highest BCUT2D eigenvalue weighted by atomic mass is 16.5. The maximum absolute atomic E-state index is 12.7. The van der Waals surface area contributed by atoms with Gasteiger partial charge in [0, 0.05) is 30.6 Å². The van der Waals surface area contributed by atoms with Crippen molar-refractivity contribution >= 4 is 12.0 Å². The van der Waals surface area contributed by atoms with Crippen molar-refractivity contribution in [3.8, 4) is 5.75 Å². The topological polar surface area (TPSA) is 42.4 Å². The number of benzene rings is 2. The molecule has 1 atom stereocenters. The number of carbonyl (C=O) groups excluding carboxylic acids is 1. The van der Waals surface area contributed by atoms with Crippen molar-refractivity contribution in [1.82, 2.24) is 9.88 Å². The van der Waals surface area contributed by atoms with Gasteiger partial charge in [-0.3, -0.25) is 9.78 Å². The quantitative estimate of drug-likeness (QED) is 0.559. The van der Waals surface area contributed by atoms with Gasteiger partial charge < -0.3 is 9.64 Å². The van der Waals surface area contributed by atoms with Gasteiger partial charge in [-0.15, -0.1) is 0 Å². The molecule has 29 heavy (non-hydrogen) atoms. The summed E-state index contributed by atoms with van der Waals surface area (Å²) in [6.45, 7) is 1.29. The molecular formula is C25H24N2O2. The molecule has 4 heteroatoms. The Balaban J connectivity index is 1.35. The highest BCUT2D eigenvalue weighted by Gasteiger charge is 2.28. The maximum atomic E-state index is 12.7. The van der Waals surface area contributed by atoms with Crippen LogP contribution in [0.15, 0.2) is 85.2 Å². The molecule has 1 amide bonds. The second kappa shape index (κ2) is 9.20. The normalized spacial score (nSPS) is 16.3. The van der Waals surface area contributed by atoms with E-state index in [0.717, 1.165) is 36.3 Å². The van der Waals surface area contributed by atoms with Gasteiger partial charge in [0.15, 0.2) is 0 Å². The van der Waals surface area contributed by atoms with Crippen LogP contribution in [0.25, 0.3) is 6.08 Å². The summed E-state index contributed by atoms with van der Waals surface area (Å²) >= 11 is 0. The predicted octanol–water partition coefficient (Wildman–Crippen LogP) is 5.04. The predicted molar refractivity (Wildman–Crippen MR) is 114 cm³/mol. The van der Waals surface area contributed by atoms with Gasteiger partial charge in [-0.2, -0.15) is 0 Å². The molecular weight excluding hydrogens is 360 g/mol.